The van der Waals surface area contributed by atoms with Crippen molar-refractivity contribution in [1.82, 2.24) is 0 Å². The van der Waals surface area contributed by atoms with Crippen LogP contribution in [0.5, 0.6) is 0 Å². The Hall–Kier alpha value is -0.120. The van der Waals surface area contributed by atoms with Gasteiger partial charge in [0.15, 0.2) is 0 Å². The van der Waals surface area contributed by atoms with Crippen LogP contribution in [0, 0.1) is 0 Å². The molecule has 0 aromatic rings. The number of hydrogen-bond acceptors (Lipinski definition) is 3. The third kappa shape index (κ3) is 59.1. The first kappa shape index (κ1) is 19.5. The molecule has 0 amide bonds. The molecule has 0 aliphatic carbocycles. The van der Waals surface area contributed by atoms with Crippen LogP contribution in [-0.2, 0) is 4.74 Å². The summed E-state index contributed by atoms with van der Waals surface area (Å²) in [6, 6.07) is 0. The average Bonchev–Trinajstić information content (AvgIpc) is 2.18. The van der Waals surface area contributed by atoms with Gasteiger partial charge in [-0.15, -0.1) is 0 Å². The van der Waals surface area contributed by atoms with Crippen molar-refractivity contribution in [2.24, 2.45) is 0 Å². The molecule has 0 fully saturated rings. The van der Waals surface area contributed by atoms with Crippen molar-refractivity contribution in [3.63, 3.8) is 0 Å². The largest absolute Gasteiger partial charge is 0.397 e. The lowest BCUT2D eigenvalue weighted by molar-refractivity contribution is 0.162. The maximum absolute atomic E-state index is 8.20. The van der Waals surface area contributed by atoms with Crippen molar-refractivity contribution in [1.29, 1.82) is 0 Å². The Labute approximate surface area is 89.1 Å². The van der Waals surface area contributed by atoms with Gasteiger partial charge in [-0.05, 0) is 27.2 Å². The second kappa shape index (κ2) is 29.3. The molecule has 0 saturated heterocycles. The summed E-state index contributed by atoms with van der Waals surface area (Å²) in [5.74, 6) is 0. The minimum absolute atomic E-state index is 0.250. The first-order valence-electron chi connectivity index (χ1n) is 5.54. The molecule has 0 aromatic heterocycles. The smallest absolute Gasteiger partial charge is 0.0437 e. The van der Waals surface area contributed by atoms with Crippen LogP contribution in [0.2, 0.25) is 0 Å². The normalized spacial score (nSPS) is 8.14. The predicted molar refractivity (Wildman–Crippen MR) is 61.5 cm³/mol. The maximum atomic E-state index is 8.20. The fourth-order valence-electron chi connectivity index (χ4n) is 0.566. The van der Waals surface area contributed by atoms with Crippen molar-refractivity contribution in [2.75, 3.05) is 26.4 Å². The van der Waals surface area contributed by atoms with Crippen LogP contribution in [0.25, 0.3) is 0 Å². The Kier molecular flexibility index (Phi) is 40.7. The van der Waals surface area contributed by atoms with Gasteiger partial charge in [-0.25, -0.2) is 0 Å². The quantitative estimate of drug-likeness (QED) is 0.681. The molecule has 0 aliphatic heterocycles. The lowest BCUT2D eigenvalue weighted by Crippen LogP contribution is -1.84. The van der Waals surface area contributed by atoms with Gasteiger partial charge in [0, 0.05) is 26.4 Å². The zero-order valence-electron chi connectivity index (χ0n) is 10.3. The molecule has 0 rings (SSSR count). The van der Waals surface area contributed by atoms with Crippen molar-refractivity contribution in [3.8, 4) is 0 Å². The number of aliphatic hydroxyl groups excluding tert-OH is 2. The van der Waals surface area contributed by atoms with Gasteiger partial charge in [-0.1, -0.05) is 19.8 Å². The maximum Gasteiger partial charge on any atom is 0.0437 e. The second-order valence-corrected chi connectivity index (χ2v) is 2.53. The van der Waals surface area contributed by atoms with E-state index in [1.165, 1.54) is 6.42 Å². The second-order valence-electron chi connectivity index (χ2n) is 2.53. The fourth-order valence-corrected chi connectivity index (χ4v) is 0.566. The lowest BCUT2D eigenvalue weighted by Gasteiger charge is -1.86. The van der Waals surface area contributed by atoms with Crippen molar-refractivity contribution < 1.29 is 14.9 Å². The third-order valence-corrected chi connectivity index (χ3v) is 1.17. The summed E-state index contributed by atoms with van der Waals surface area (Å²) in [5.41, 5.74) is 0. The van der Waals surface area contributed by atoms with Gasteiger partial charge in [-0.2, -0.15) is 0 Å². The Morgan fingerprint density at radius 2 is 1.29 bits per heavy atom. The minimum Gasteiger partial charge on any atom is -0.397 e. The van der Waals surface area contributed by atoms with E-state index in [9.17, 15) is 0 Å². The highest BCUT2D eigenvalue weighted by Crippen LogP contribution is 1.89. The molecule has 0 radical (unpaired) electrons. The zero-order valence-corrected chi connectivity index (χ0v) is 10.3. The van der Waals surface area contributed by atoms with E-state index in [0.29, 0.717) is 6.61 Å². The summed E-state index contributed by atoms with van der Waals surface area (Å²) >= 11 is 0. The third-order valence-electron chi connectivity index (χ3n) is 1.17. The molecule has 0 heterocycles. The van der Waals surface area contributed by atoms with Gasteiger partial charge in [0.25, 0.3) is 0 Å². The van der Waals surface area contributed by atoms with Crippen LogP contribution in [0.4, 0.5) is 0 Å². The monoisotopic (exact) mass is 208 g/mol. The number of unbranched alkanes of at least 4 members (excludes halogenated alkanes) is 2. The molecule has 0 aliphatic rings. The van der Waals surface area contributed by atoms with Gasteiger partial charge < -0.3 is 14.9 Å². The van der Waals surface area contributed by atoms with E-state index in [1.807, 2.05) is 13.8 Å². The molecule has 0 atom stereocenters. The van der Waals surface area contributed by atoms with Gasteiger partial charge >= 0.3 is 0 Å². The first-order chi connectivity index (χ1) is 6.74. The Balaban J connectivity index is -0.000000138. The number of rotatable bonds is 5. The van der Waals surface area contributed by atoms with E-state index >= 15 is 0 Å². The average molecular weight is 208 g/mol. The van der Waals surface area contributed by atoms with Gasteiger partial charge in [0.2, 0.25) is 0 Å². The van der Waals surface area contributed by atoms with Crippen LogP contribution in [0.3, 0.4) is 0 Å². The lowest BCUT2D eigenvalue weighted by atomic mass is 10.3. The van der Waals surface area contributed by atoms with Gasteiger partial charge in [0.05, 0.1) is 0 Å². The van der Waals surface area contributed by atoms with E-state index in [4.69, 9.17) is 14.9 Å². The molecule has 0 bridgehead atoms. The molecule has 0 aromatic carbocycles. The van der Waals surface area contributed by atoms with E-state index in [0.717, 1.165) is 26.1 Å². The summed E-state index contributed by atoms with van der Waals surface area (Å²) in [6.45, 7) is 10.1. The topological polar surface area (TPSA) is 49.7 Å². The van der Waals surface area contributed by atoms with Crippen LogP contribution in [-0.4, -0.2) is 36.6 Å². The minimum atomic E-state index is 0.250. The zero-order chi connectivity index (χ0) is 11.7. The summed E-state index contributed by atoms with van der Waals surface area (Å²) in [7, 11) is 0. The molecule has 0 unspecified atom stereocenters. The van der Waals surface area contributed by atoms with Crippen molar-refractivity contribution in [2.45, 2.75) is 47.0 Å². The van der Waals surface area contributed by atoms with E-state index < -0.39 is 0 Å². The molecule has 3 heteroatoms. The highest BCUT2D eigenvalue weighted by Gasteiger charge is 1.76. The van der Waals surface area contributed by atoms with Crippen LogP contribution in [0.1, 0.15) is 47.0 Å². The fraction of sp³-hybridized carbons (Fsp3) is 1.00. The summed E-state index contributed by atoms with van der Waals surface area (Å²) in [5, 5.41) is 15.8. The standard InChI is InChI=1S/C5H12O.C4H10O.C2H6O/c1-2-3-4-5-6;1-3-5-4-2;1-2-3/h6H,2-5H2,1H3;3-4H2,1-2H3;3H,2H2,1H3. The number of ether oxygens (including phenoxy) is 1. The molecule has 3 nitrogen and oxygen atoms in total. The van der Waals surface area contributed by atoms with Crippen molar-refractivity contribution >= 4 is 0 Å². The SMILES string of the molecule is CCCCCO.CCO.CCOCC. The Morgan fingerprint density at radius 3 is 1.36 bits per heavy atom. The predicted octanol–water partition coefficient (Wildman–Crippen LogP) is 2.21. The molecular weight excluding hydrogens is 180 g/mol. The van der Waals surface area contributed by atoms with E-state index in [-0.39, 0.29) is 6.61 Å². The van der Waals surface area contributed by atoms with Crippen molar-refractivity contribution in [3.05, 3.63) is 0 Å². The number of hydrogen-bond donors (Lipinski definition) is 2. The van der Waals surface area contributed by atoms with Gasteiger partial charge in [0.1, 0.15) is 0 Å². The van der Waals surface area contributed by atoms with Crippen LogP contribution >= 0.6 is 0 Å². The Bertz CT molecular complexity index is 52.5. The summed E-state index contributed by atoms with van der Waals surface area (Å²) in [4.78, 5) is 0. The Morgan fingerprint density at radius 1 is 0.857 bits per heavy atom. The van der Waals surface area contributed by atoms with Crippen LogP contribution < -0.4 is 0 Å². The number of aliphatic hydroxyl groups is 2. The molecule has 90 valence electrons. The van der Waals surface area contributed by atoms with Gasteiger partial charge in [-0.3, -0.25) is 0 Å². The molecular formula is C11H28O3. The molecule has 2 N–H and O–H groups in total. The van der Waals surface area contributed by atoms with Crippen LogP contribution in [0.15, 0.2) is 0 Å². The molecule has 0 saturated carbocycles. The van der Waals surface area contributed by atoms with E-state index in [2.05, 4.69) is 6.92 Å². The summed E-state index contributed by atoms with van der Waals surface area (Å²) < 4.78 is 4.83. The highest BCUT2D eigenvalue weighted by molar-refractivity contribution is 4.30. The van der Waals surface area contributed by atoms with E-state index in [1.54, 1.807) is 6.92 Å². The first-order valence-corrected chi connectivity index (χ1v) is 5.54. The highest BCUT2D eigenvalue weighted by atomic mass is 16.5. The molecule has 14 heavy (non-hydrogen) atoms. The summed E-state index contributed by atoms with van der Waals surface area (Å²) in [6.07, 6.45) is 3.33. The molecule has 0 spiro atoms.